The van der Waals surface area contributed by atoms with Gasteiger partial charge in [0, 0.05) is 24.7 Å². The van der Waals surface area contributed by atoms with Gasteiger partial charge in [-0.1, -0.05) is 0 Å². The zero-order valence-electron chi connectivity index (χ0n) is 12.2. The van der Waals surface area contributed by atoms with Crippen LogP contribution in [0.15, 0.2) is 17.0 Å². The van der Waals surface area contributed by atoms with E-state index in [4.69, 9.17) is 0 Å². The van der Waals surface area contributed by atoms with E-state index in [1.807, 2.05) is 0 Å². The number of hydrogen-bond donors (Lipinski definition) is 2. The van der Waals surface area contributed by atoms with E-state index in [0.717, 1.165) is 25.7 Å². The maximum absolute atomic E-state index is 14.0. The summed E-state index contributed by atoms with van der Waals surface area (Å²) in [6, 6.07) is 3.51. The van der Waals surface area contributed by atoms with Crippen molar-refractivity contribution in [2.24, 2.45) is 5.92 Å². The molecule has 0 aromatic heterocycles. The Labute approximate surface area is 125 Å². The summed E-state index contributed by atoms with van der Waals surface area (Å²) < 4.78 is 41.3. The summed E-state index contributed by atoms with van der Waals surface area (Å²) in [5, 5.41) is 3.28. The molecule has 1 aromatic rings. The quantitative estimate of drug-likeness (QED) is 0.810. The van der Waals surface area contributed by atoms with Gasteiger partial charge in [-0.25, -0.2) is 17.5 Å². The highest BCUT2D eigenvalue weighted by Crippen LogP contribution is 2.29. The fraction of sp³-hybridized carbons (Fsp3) is 0.600. The van der Waals surface area contributed by atoms with E-state index in [9.17, 15) is 12.8 Å². The normalized spacial score (nSPS) is 19.0. The van der Waals surface area contributed by atoms with Gasteiger partial charge in [0.05, 0.1) is 4.90 Å². The van der Waals surface area contributed by atoms with Crippen molar-refractivity contribution in [1.29, 1.82) is 0 Å². The van der Waals surface area contributed by atoms with Crippen LogP contribution in [0.3, 0.4) is 0 Å². The minimum atomic E-state index is -3.63. The van der Waals surface area contributed by atoms with Gasteiger partial charge in [0.1, 0.15) is 5.82 Å². The van der Waals surface area contributed by atoms with Crippen LogP contribution in [-0.4, -0.2) is 21.0 Å². The van der Waals surface area contributed by atoms with Gasteiger partial charge in [0.2, 0.25) is 10.0 Å². The first-order valence-electron chi connectivity index (χ1n) is 7.48. The first kappa shape index (κ1) is 14.9. The van der Waals surface area contributed by atoms with Crippen molar-refractivity contribution in [2.45, 2.75) is 50.1 Å². The number of benzene rings is 1. The molecule has 2 aliphatic rings. The predicted octanol–water partition coefficient (Wildman–Crippen LogP) is 2.07. The minimum absolute atomic E-state index is 0.0655. The Morgan fingerprint density at radius 3 is 2.57 bits per heavy atom. The Hall–Kier alpha value is -0.980. The Morgan fingerprint density at radius 1 is 1.24 bits per heavy atom. The van der Waals surface area contributed by atoms with E-state index in [-0.39, 0.29) is 10.5 Å². The molecule has 0 aliphatic heterocycles. The monoisotopic (exact) mass is 312 g/mol. The molecule has 2 fully saturated rings. The third-order valence-electron chi connectivity index (χ3n) is 4.08. The summed E-state index contributed by atoms with van der Waals surface area (Å²) in [6.07, 6.45) is 4.42. The van der Waals surface area contributed by atoms with E-state index >= 15 is 0 Å². The molecule has 0 saturated heterocycles. The number of rotatable bonds is 7. The summed E-state index contributed by atoms with van der Waals surface area (Å²) in [5.74, 6) is -0.0125. The van der Waals surface area contributed by atoms with Crippen LogP contribution in [0, 0.1) is 18.7 Å². The highest BCUT2D eigenvalue weighted by molar-refractivity contribution is 7.89. The fourth-order valence-corrected chi connectivity index (χ4v) is 3.68. The molecule has 2 N–H and O–H groups in total. The van der Waals surface area contributed by atoms with Crippen LogP contribution in [0.5, 0.6) is 0 Å². The minimum Gasteiger partial charge on any atom is -0.310 e. The lowest BCUT2D eigenvalue weighted by molar-refractivity contribution is 0.569. The average Bonchev–Trinajstić information content (AvgIpc) is 3.31. The average molecular weight is 312 g/mol. The zero-order chi connectivity index (χ0) is 15.0. The lowest BCUT2D eigenvalue weighted by atomic mass is 10.1. The Morgan fingerprint density at radius 2 is 1.95 bits per heavy atom. The van der Waals surface area contributed by atoms with Gasteiger partial charge < -0.3 is 5.32 Å². The molecular weight excluding hydrogens is 291 g/mol. The molecule has 0 unspecified atom stereocenters. The molecule has 0 bridgehead atoms. The predicted molar refractivity (Wildman–Crippen MR) is 78.9 cm³/mol. The summed E-state index contributed by atoms with van der Waals surface area (Å²) in [7, 11) is -3.63. The van der Waals surface area contributed by atoms with Gasteiger partial charge in [-0.3, -0.25) is 0 Å². The Bertz CT molecular complexity index is 637. The SMILES string of the molecule is Cc1c(F)cc(CNC2CC2)cc1S(=O)(=O)NCC1CC1. The van der Waals surface area contributed by atoms with Crippen LogP contribution in [0.2, 0.25) is 0 Å². The van der Waals surface area contributed by atoms with Gasteiger partial charge in [0.15, 0.2) is 0 Å². The van der Waals surface area contributed by atoms with Gasteiger partial charge in [-0.2, -0.15) is 0 Å². The standard InChI is InChI=1S/C15H21FN2O2S/c1-10-14(16)6-12(8-17-13-4-5-13)7-15(10)21(19,20)18-9-11-2-3-11/h6-7,11,13,17-18H,2-5,8-9H2,1H3. The lowest BCUT2D eigenvalue weighted by Crippen LogP contribution is -2.27. The van der Waals surface area contributed by atoms with Crippen LogP contribution in [-0.2, 0) is 16.6 Å². The van der Waals surface area contributed by atoms with Gasteiger partial charge in [-0.15, -0.1) is 0 Å². The molecular formula is C15H21FN2O2S. The van der Waals surface area contributed by atoms with Crippen molar-refractivity contribution in [2.75, 3.05) is 6.54 Å². The molecule has 6 heteroatoms. The maximum Gasteiger partial charge on any atom is 0.240 e. The highest BCUT2D eigenvalue weighted by Gasteiger charge is 2.26. The topological polar surface area (TPSA) is 58.2 Å². The molecule has 2 aliphatic carbocycles. The molecule has 4 nitrogen and oxygen atoms in total. The second kappa shape index (κ2) is 5.66. The van der Waals surface area contributed by atoms with E-state index < -0.39 is 15.8 Å². The highest BCUT2D eigenvalue weighted by atomic mass is 32.2. The Kier molecular flexibility index (Phi) is 4.03. The number of nitrogens with one attached hydrogen (secondary N) is 2. The number of hydrogen-bond acceptors (Lipinski definition) is 3. The molecule has 0 spiro atoms. The Balaban J connectivity index is 1.80. The zero-order valence-corrected chi connectivity index (χ0v) is 13.0. The van der Waals surface area contributed by atoms with E-state index in [0.29, 0.717) is 30.6 Å². The largest absolute Gasteiger partial charge is 0.310 e. The lowest BCUT2D eigenvalue weighted by Gasteiger charge is -2.12. The smallest absolute Gasteiger partial charge is 0.240 e. The van der Waals surface area contributed by atoms with Crippen LogP contribution in [0.25, 0.3) is 0 Å². The van der Waals surface area contributed by atoms with E-state index in [1.165, 1.54) is 13.0 Å². The molecule has 3 rings (SSSR count). The van der Waals surface area contributed by atoms with Gasteiger partial charge in [-0.05, 0) is 56.2 Å². The van der Waals surface area contributed by atoms with Crippen molar-refractivity contribution < 1.29 is 12.8 Å². The molecule has 0 heterocycles. The van der Waals surface area contributed by atoms with Crippen molar-refractivity contribution in [3.05, 3.63) is 29.1 Å². The fourth-order valence-electron chi connectivity index (χ4n) is 2.27. The second-order valence-electron chi connectivity index (χ2n) is 6.15. The molecule has 0 atom stereocenters. The molecule has 0 amide bonds. The molecule has 1 aromatic carbocycles. The first-order chi connectivity index (χ1) is 9.95. The molecule has 116 valence electrons. The molecule has 21 heavy (non-hydrogen) atoms. The van der Waals surface area contributed by atoms with Crippen molar-refractivity contribution in [3.8, 4) is 0 Å². The number of sulfonamides is 1. The van der Waals surface area contributed by atoms with Crippen molar-refractivity contribution in [3.63, 3.8) is 0 Å². The summed E-state index contributed by atoms with van der Waals surface area (Å²) in [6.45, 7) is 2.47. The summed E-state index contributed by atoms with van der Waals surface area (Å²) in [5.41, 5.74) is 0.866. The van der Waals surface area contributed by atoms with Gasteiger partial charge in [0.25, 0.3) is 0 Å². The summed E-state index contributed by atoms with van der Waals surface area (Å²) >= 11 is 0. The van der Waals surface area contributed by atoms with Crippen LogP contribution >= 0.6 is 0 Å². The number of halogens is 1. The maximum atomic E-state index is 14.0. The summed E-state index contributed by atoms with van der Waals surface area (Å²) in [4.78, 5) is 0.0655. The van der Waals surface area contributed by atoms with Crippen LogP contribution in [0.4, 0.5) is 4.39 Å². The van der Waals surface area contributed by atoms with Crippen LogP contribution in [0.1, 0.15) is 36.8 Å². The van der Waals surface area contributed by atoms with Gasteiger partial charge >= 0.3 is 0 Å². The third-order valence-corrected chi connectivity index (χ3v) is 5.63. The van der Waals surface area contributed by atoms with E-state index in [1.54, 1.807) is 6.07 Å². The first-order valence-corrected chi connectivity index (χ1v) is 8.96. The third kappa shape index (κ3) is 3.81. The van der Waals surface area contributed by atoms with Crippen molar-refractivity contribution >= 4 is 10.0 Å². The van der Waals surface area contributed by atoms with Crippen molar-refractivity contribution in [1.82, 2.24) is 10.0 Å². The second-order valence-corrected chi connectivity index (χ2v) is 7.89. The molecule has 2 saturated carbocycles. The van der Waals surface area contributed by atoms with E-state index in [2.05, 4.69) is 10.0 Å². The molecule has 0 radical (unpaired) electrons. The van der Waals surface area contributed by atoms with Crippen LogP contribution < -0.4 is 10.0 Å².